The predicted molar refractivity (Wildman–Crippen MR) is 87.2 cm³/mol. The Labute approximate surface area is 127 Å². The number of hydrogen-bond acceptors (Lipinski definition) is 3. The Morgan fingerprint density at radius 3 is 2.70 bits per heavy atom. The third kappa shape index (κ3) is 5.06. The molecule has 0 heterocycles. The molecule has 1 aromatic carbocycles. The summed E-state index contributed by atoms with van der Waals surface area (Å²) in [4.78, 5) is 0. The van der Waals surface area contributed by atoms with Crippen LogP contribution in [-0.4, -0.2) is 12.1 Å². The molecule has 1 aromatic rings. The van der Waals surface area contributed by atoms with Gasteiger partial charge in [-0.25, -0.2) is 5.84 Å². The topological polar surface area (TPSA) is 55.3 Å². The molecule has 0 saturated heterocycles. The lowest BCUT2D eigenvalue weighted by atomic mass is 9.89. The Morgan fingerprint density at radius 1 is 1.45 bits per heavy atom. The van der Waals surface area contributed by atoms with Crippen molar-refractivity contribution in [3.8, 4) is 0 Å². The summed E-state index contributed by atoms with van der Waals surface area (Å²) >= 11 is 5.99. The monoisotopic (exact) mass is 295 g/mol. The van der Waals surface area contributed by atoms with Crippen molar-refractivity contribution in [3.05, 3.63) is 46.8 Å². The summed E-state index contributed by atoms with van der Waals surface area (Å²) in [5.74, 6) is 6.63. The van der Waals surface area contributed by atoms with E-state index in [2.05, 4.69) is 32.0 Å². The van der Waals surface area contributed by atoms with Crippen LogP contribution in [0.5, 0.6) is 0 Å². The molecule has 0 aliphatic carbocycles. The number of benzene rings is 1. The quantitative estimate of drug-likeness (QED) is 0.459. The first-order chi connectivity index (χ1) is 9.47. The number of allylic oxidation sites excluding steroid dienone is 1. The second kappa shape index (κ2) is 8.18. The zero-order chi connectivity index (χ0) is 15.1. The van der Waals surface area contributed by atoms with Crippen LogP contribution in [0.1, 0.15) is 48.8 Å². The minimum Gasteiger partial charge on any atom is -0.401 e. The zero-order valence-corrected chi connectivity index (χ0v) is 13.5. The van der Waals surface area contributed by atoms with E-state index in [4.69, 9.17) is 23.2 Å². The Bertz CT molecular complexity index is 455. The van der Waals surface area contributed by atoms with Crippen molar-refractivity contribution in [2.24, 2.45) is 11.6 Å². The van der Waals surface area contributed by atoms with Gasteiger partial charge in [0.1, 0.15) is 0 Å². The molecule has 1 unspecified atom stereocenters. The van der Waals surface area contributed by atoms with Crippen LogP contribution in [0.3, 0.4) is 0 Å². The highest BCUT2D eigenvalue weighted by atomic mass is 35.5. The number of aryl methyl sites for hydroxylation is 1. The van der Waals surface area contributed by atoms with E-state index in [1.807, 2.05) is 0 Å². The van der Waals surface area contributed by atoms with Gasteiger partial charge in [0.05, 0.1) is 0 Å². The Morgan fingerprint density at radius 2 is 2.15 bits per heavy atom. The smallest absolute Gasteiger partial charge is 0.0476 e. The number of alkyl halides is 1. The number of hydrogen-bond donors (Lipinski definition) is 2. The molecule has 1 atom stereocenters. The van der Waals surface area contributed by atoms with Gasteiger partial charge >= 0.3 is 0 Å². The van der Waals surface area contributed by atoms with Gasteiger partial charge < -0.3 is 10.7 Å². The average Bonchev–Trinajstić information content (AvgIpc) is 2.40. The number of rotatable bonds is 7. The van der Waals surface area contributed by atoms with E-state index in [0.29, 0.717) is 11.8 Å². The molecule has 4 N–H and O–H groups in total. The molecule has 1 rings (SSSR count). The molecule has 0 aromatic heterocycles. The highest BCUT2D eigenvalue weighted by Gasteiger charge is 2.11. The van der Waals surface area contributed by atoms with Crippen LogP contribution in [0.2, 0.25) is 0 Å². The fourth-order valence-corrected chi connectivity index (χ4v) is 2.65. The van der Waals surface area contributed by atoms with Gasteiger partial charge in [-0.15, -0.1) is 11.6 Å². The first-order valence-corrected chi connectivity index (χ1v) is 7.60. The van der Waals surface area contributed by atoms with E-state index in [1.165, 1.54) is 21.7 Å². The molecule has 0 radical (unpaired) electrons. The highest BCUT2D eigenvalue weighted by Crippen LogP contribution is 2.28. The van der Waals surface area contributed by atoms with Crippen LogP contribution in [0, 0.1) is 6.92 Å². The van der Waals surface area contributed by atoms with Gasteiger partial charge in [-0.2, -0.15) is 0 Å². The molecule has 0 spiro atoms. The molecule has 4 heteroatoms. The molecular formula is C16H26ClN3. The maximum atomic E-state index is 5.99. The fourth-order valence-electron chi connectivity index (χ4n) is 2.36. The molecule has 20 heavy (non-hydrogen) atoms. The Balaban J connectivity index is 2.76. The van der Waals surface area contributed by atoms with Crippen LogP contribution in [0.4, 0.5) is 0 Å². The van der Waals surface area contributed by atoms with Crippen molar-refractivity contribution >= 4 is 11.6 Å². The number of hydrazine groups is 1. The Kier molecular flexibility index (Phi) is 6.89. The summed E-state index contributed by atoms with van der Waals surface area (Å²) in [5, 5.41) is 1.49. The van der Waals surface area contributed by atoms with Gasteiger partial charge in [0.25, 0.3) is 0 Å². The van der Waals surface area contributed by atoms with Crippen LogP contribution in [-0.2, 0) is 5.88 Å². The van der Waals surface area contributed by atoms with E-state index in [0.717, 1.165) is 25.0 Å². The summed E-state index contributed by atoms with van der Waals surface area (Å²) in [6.07, 6.45) is 4.74. The van der Waals surface area contributed by atoms with Gasteiger partial charge in [-0.1, -0.05) is 25.1 Å². The Hall–Kier alpha value is -1.19. The third-order valence-corrected chi connectivity index (χ3v) is 3.92. The van der Waals surface area contributed by atoms with Crippen LogP contribution >= 0.6 is 11.6 Å². The van der Waals surface area contributed by atoms with Gasteiger partial charge in [0.15, 0.2) is 0 Å². The third-order valence-electron chi connectivity index (χ3n) is 3.63. The normalized spacial score (nSPS) is 13.3. The number of halogens is 1. The van der Waals surface area contributed by atoms with Crippen molar-refractivity contribution in [3.63, 3.8) is 0 Å². The minimum atomic E-state index is 0.507. The van der Waals surface area contributed by atoms with Gasteiger partial charge in [0, 0.05) is 24.8 Å². The lowest BCUT2D eigenvalue weighted by Crippen LogP contribution is -2.21. The molecule has 0 amide bonds. The minimum absolute atomic E-state index is 0.507. The first-order valence-electron chi connectivity index (χ1n) is 7.07. The molecule has 0 aliphatic rings. The van der Waals surface area contributed by atoms with E-state index in [-0.39, 0.29) is 0 Å². The molecule has 0 saturated carbocycles. The summed E-state index contributed by atoms with van der Waals surface area (Å²) in [7, 11) is 1.77. The lowest BCUT2D eigenvalue weighted by molar-refractivity contribution is 0.475. The lowest BCUT2D eigenvalue weighted by Gasteiger charge is -2.17. The first kappa shape index (κ1) is 16.9. The highest BCUT2D eigenvalue weighted by molar-refractivity contribution is 6.17. The maximum absolute atomic E-state index is 5.99. The molecule has 3 nitrogen and oxygen atoms in total. The summed E-state index contributed by atoms with van der Waals surface area (Å²) in [6.45, 7) is 4.31. The second-order valence-corrected chi connectivity index (χ2v) is 5.60. The summed E-state index contributed by atoms with van der Waals surface area (Å²) in [5.41, 5.74) is 10.6. The van der Waals surface area contributed by atoms with Gasteiger partial charge in [0.2, 0.25) is 0 Å². The molecular weight excluding hydrogens is 270 g/mol. The SMILES string of the molecule is CCC(CC/C(N)=C/N(C)N)c1ccc(C)c(CCl)c1. The predicted octanol–water partition coefficient (Wildman–Crippen LogP) is 3.61. The average molecular weight is 296 g/mol. The number of nitrogens with two attached hydrogens (primary N) is 2. The van der Waals surface area contributed by atoms with E-state index < -0.39 is 0 Å². The van der Waals surface area contributed by atoms with Gasteiger partial charge in [-0.05, 0) is 48.8 Å². The zero-order valence-electron chi connectivity index (χ0n) is 12.7. The molecule has 0 bridgehead atoms. The second-order valence-electron chi connectivity index (χ2n) is 5.33. The van der Waals surface area contributed by atoms with E-state index >= 15 is 0 Å². The van der Waals surface area contributed by atoms with Crippen molar-refractivity contribution in [2.75, 3.05) is 7.05 Å². The standard InChI is InChI=1S/C16H26ClN3/c1-4-13(7-8-16(18)11-20(3)19)14-6-5-12(2)15(9-14)10-17/h5-6,9,11,13H,4,7-8,10,18-19H2,1-3H3/b16-11-. The van der Waals surface area contributed by atoms with Crippen LogP contribution in [0.15, 0.2) is 30.1 Å². The largest absolute Gasteiger partial charge is 0.401 e. The van der Waals surface area contributed by atoms with Crippen molar-refractivity contribution in [1.82, 2.24) is 5.01 Å². The molecule has 0 fully saturated rings. The number of nitrogens with zero attached hydrogens (tertiary/aromatic N) is 1. The summed E-state index contributed by atoms with van der Waals surface area (Å²) in [6, 6.07) is 6.59. The van der Waals surface area contributed by atoms with Crippen molar-refractivity contribution in [1.29, 1.82) is 0 Å². The van der Waals surface area contributed by atoms with Crippen molar-refractivity contribution in [2.45, 2.75) is 44.9 Å². The fraction of sp³-hybridized carbons (Fsp3) is 0.500. The molecule has 0 aliphatic heterocycles. The van der Waals surface area contributed by atoms with Gasteiger partial charge in [-0.3, -0.25) is 0 Å². The van der Waals surface area contributed by atoms with E-state index in [9.17, 15) is 0 Å². The van der Waals surface area contributed by atoms with Crippen LogP contribution in [0.25, 0.3) is 0 Å². The van der Waals surface area contributed by atoms with E-state index in [1.54, 1.807) is 13.2 Å². The van der Waals surface area contributed by atoms with Crippen LogP contribution < -0.4 is 11.6 Å². The molecule has 112 valence electrons. The van der Waals surface area contributed by atoms with Crippen molar-refractivity contribution < 1.29 is 0 Å². The maximum Gasteiger partial charge on any atom is 0.0476 e. The summed E-state index contributed by atoms with van der Waals surface area (Å²) < 4.78 is 0.